The molecule has 0 unspecified atom stereocenters. The Morgan fingerprint density at radius 2 is 2.00 bits per heavy atom. The summed E-state index contributed by atoms with van der Waals surface area (Å²) in [4.78, 5) is 12.5. The molecule has 1 amide bonds. The summed E-state index contributed by atoms with van der Waals surface area (Å²) in [5.74, 6) is 0.160. The SMILES string of the molecule is O=C(CSc1nnnn1C[C@@H]1CCCO1)Nc1ccccc1Cc1ccccc1. The van der Waals surface area contributed by atoms with Gasteiger partial charge in [0.15, 0.2) is 0 Å². The number of carbonyl (C=O) groups excluding carboxylic acids is 1. The van der Waals surface area contributed by atoms with Crippen LogP contribution in [0.15, 0.2) is 59.8 Å². The van der Waals surface area contributed by atoms with E-state index in [1.54, 1.807) is 4.68 Å². The van der Waals surface area contributed by atoms with Crippen LogP contribution < -0.4 is 5.32 Å². The first-order valence-electron chi connectivity index (χ1n) is 9.70. The van der Waals surface area contributed by atoms with E-state index in [9.17, 15) is 4.79 Å². The zero-order valence-electron chi connectivity index (χ0n) is 16.0. The summed E-state index contributed by atoms with van der Waals surface area (Å²) in [7, 11) is 0. The number of hydrogen-bond donors (Lipinski definition) is 1. The minimum absolute atomic E-state index is 0.0813. The number of tetrazole rings is 1. The molecule has 1 aromatic heterocycles. The molecule has 0 radical (unpaired) electrons. The van der Waals surface area contributed by atoms with Crippen molar-refractivity contribution in [3.8, 4) is 0 Å². The fourth-order valence-electron chi connectivity index (χ4n) is 3.32. The predicted molar refractivity (Wildman–Crippen MR) is 112 cm³/mol. The Bertz CT molecular complexity index is 941. The van der Waals surface area contributed by atoms with Crippen LogP contribution in [0.1, 0.15) is 24.0 Å². The molecule has 29 heavy (non-hydrogen) atoms. The van der Waals surface area contributed by atoms with E-state index in [1.807, 2.05) is 42.5 Å². The lowest BCUT2D eigenvalue weighted by Gasteiger charge is -2.12. The number of carbonyl (C=O) groups is 1. The average Bonchev–Trinajstić information content (AvgIpc) is 3.41. The highest BCUT2D eigenvalue weighted by Gasteiger charge is 2.19. The highest BCUT2D eigenvalue weighted by atomic mass is 32.2. The summed E-state index contributed by atoms with van der Waals surface area (Å²) in [6.45, 7) is 1.41. The average molecular weight is 410 g/mol. The van der Waals surface area contributed by atoms with Gasteiger partial charge in [-0.1, -0.05) is 60.3 Å². The van der Waals surface area contributed by atoms with Crippen molar-refractivity contribution in [3.05, 3.63) is 65.7 Å². The summed E-state index contributed by atoms with van der Waals surface area (Å²) in [5.41, 5.74) is 3.12. The summed E-state index contributed by atoms with van der Waals surface area (Å²) in [5, 5.41) is 15.5. The van der Waals surface area contributed by atoms with Crippen molar-refractivity contribution < 1.29 is 9.53 Å². The van der Waals surface area contributed by atoms with Crippen LogP contribution in [0.2, 0.25) is 0 Å². The molecule has 7 nitrogen and oxygen atoms in total. The molecule has 0 aliphatic carbocycles. The van der Waals surface area contributed by atoms with Crippen LogP contribution in [-0.4, -0.2) is 44.6 Å². The van der Waals surface area contributed by atoms with Gasteiger partial charge < -0.3 is 10.1 Å². The standard InChI is InChI=1S/C21H23N5O2S/c27-20(15-29-21-23-24-25-26(21)14-18-10-6-12-28-18)22-19-11-5-4-9-17(19)13-16-7-2-1-3-8-16/h1-5,7-9,11,18H,6,10,12-15H2,(H,22,27)/t18-/m0/s1. The number of nitrogens with zero attached hydrogens (tertiary/aromatic N) is 4. The maximum absolute atomic E-state index is 12.5. The number of ether oxygens (including phenoxy) is 1. The van der Waals surface area contributed by atoms with Crippen molar-refractivity contribution in [1.29, 1.82) is 0 Å². The van der Waals surface area contributed by atoms with Gasteiger partial charge in [-0.25, -0.2) is 4.68 Å². The summed E-state index contributed by atoms with van der Waals surface area (Å²) in [6, 6.07) is 18.1. The van der Waals surface area contributed by atoms with E-state index >= 15 is 0 Å². The van der Waals surface area contributed by atoms with E-state index in [1.165, 1.54) is 17.3 Å². The third-order valence-electron chi connectivity index (χ3n) is 4.76. The van der Waals surface area contributed by atoms with Gasteiger partial charge in [0, 0.05) is 12.3 Å². The summed E-state index contributed by atoms with van der Waals surface area (Å²) >= 11 is 1.33. The van der Waals surface area contributed by atoms with E-state index in [-0.39, 0.29) is 17.8 Å². The molecule has 0 spiro atoms. The van der Waals surface area contributed by atoms with Gasteiger partial charge in [-0.05, 0) is 46.9 Å². The summed E-state index contributed by atoms with van der Waals surface area (Å²) < 4.78 is 7.36. The number of amides is 1. The normalized spacial score (nSPS) is 16.1. The number of rotatable bonds is 8. The van der Waals surface area contributed by atoms with Gasteiger partial charge in [-0.3, -0.25) is 4.79 Å². The van der Waals surface area contributed by atoms with Crippen molar-refractivity contribution in [2.75, 3.05) is 17.7 Å². The van der Waals surface area contributed by atoms with Crippen LogP contribution in [0.4, 0.5) is 5.69 Å². The molecule has 2 aromatic carbocycles. The van der Waals surface area contributed by atoms with Crippen molar-refractivity contribution >= 4 is 23.4 Å². The molecule has 2 heterocycles. The van der Waals surface area contributed by atoms with Crippen LogP contribution in [0.5, 0.6) is 0 Å². The smallest absolute Gasteiger partial charge is 0.234 e. The fourth-order valence-corrected chi connectivity index (χ4v) is 4.01. The molecule has 3 aromatic rings. The van der Waals surface area contributed by atoms with Gasteiger partial charge in [0.2, 0.25) is 11.1 Å². The number of thioether (sulfide) groups is 1. The molecular weight excluding hydrogens is 386 g/mol. The Hall–Kier alpha value is -2.71. The van der Waals surface area contributed by atoms with Crippen molar-refractivity contribution in [1.82, 2.24) is 20.2 Å². The quantitative estimate of drug-likeness (QED) is 0.576. The lowest BCUT2D eigenvalue weighted by molar-refractivity contribution is -0.113. The number of benzene rings is 2. The molecule has 0 saturated carbocycles. The van der Waals surface area contributed by atoms with Crippen LogP contribution in [0.3, 0.4) is 0 Å². The van der Waals surface area contributed by atoms with E-state index in [4.69, 9.17) is 4.74 Å². The molecule has 1 aliphatic rings. The van der Waals surface area contributed by atoms with Gasteiger partial charge in [0.1, 0.15) is 0 Å². The molecule has 1 atom stereocenters. The number of hydrogen-bond acceptors (Lipinski definition) is 6. The van der Waals surface area contributed by atoms with E-state index in [0.717, 1.165) is 37.1 Å². The Kier molecular flexibility index (Phi) is 6.53. The predicted octanol–water partition coefficient (Wildman–Crippen LogP) is 3.17. The molecule has 1 fully saturated rings. The Balaban J connectivity index is 1.34. The van der Waals surface area contributed by atoms with E-state index < -0.39 is 0 Å². The number of anilines is 1. The Labute approximate surface area is 173 Å². The highest BCUT2D eigenvalue weighted by molar-refractivity contribution is 7.99. The zero-order valence-corrected chi connectivity index (χ0v) is 16.8. The first-order chi connectivity index (χ1) is 14.3. The van der Waals surface area contributed by atoms with Gasteiger partial charge in [0.05, 0.1) is 18.4 Å². The molecule has 150 valence electrons. The van der Waals surface area contributed by atoms with Gasteiger partial charge in [-0.15, -0.1) is 5.10 Å². The largest absolute Gasteiger partial charge is 0.376 e. The lowest BCUT2D eigenvalue weighted by Crippen LogP contribution is -2.18. The molecule has 8 heteroatoms. The number of aromatic nitrogens is 4. The monoisotopic (exact) mass is 409 g/mol. The topological polar surface area (TPSA) is 81.9 Å². The van der Waals surface area contributed by atoms with Crippen molar-refractivity contribution in [3.63, 3.8) is 0 Å². The maximum atomic E-state index is 12.5. The van der Waals surface area contributed by atoms with Gasteiger partial charge in [0.25, 0.3) is 0 Å². The molecule has 0 bridgehead atoms. The van der Waals surface area contributed by atoms with Crippen LogP contribution in [0, 0.1) is 0 Å². The second kappa shape index (κ2) is 9.67. The molecule has 1 N–H and O–H groups in total. The second-order valence-corrected chi connectivity index (χ2v) is 7.88. The van der Waals surface area contributed by atoms with E-state index in [0.29, 0.717) is 11.7 Å². The fraction of sp³-hybridized carbons (Fsp3) is 0.333. The maximum Gasteiger partial charge on any atom is 0.234 e. The molecule has 1 saturated heterocycles. The lowest BCUT2D eigenvalue weighted by atomic mass is 10.0. The molecular formula is C21H23N5O2S. The third-order valence-corrected chi connectivity index (χ3v) is 5.72. The Morgan fingerprint density at radius 3 is 2.83 bits per heavy atom. The Morgan fingerprint density at radius 1 is 1.17 bits per heavy atom. The van der Waals surface area contributed by atoms with Crippen LogP contribution in [0.25, 0.3) is 0 Å². The van der Waals surface area contributed by atoms with Gasteiger partial charge >= 0.3 is 0 Å². The summed E-state index contributed by atoms with van der Waals surface area (Å²) in [6.07, 6.45) is 3.00. The third kappa shape index (κ3) is 5.42. The molecule has 4 rings (SSSR count). The van der Waals surface area contributed by atoms with Crippen molar-refractivity contribution in [2.45, 2.75) is 37.1 Å². The first kappa shape index (κ1) is 19.6. The first-order valence-corrected chi connectivity index (χ1v) is 10.7. The second-order valence-electron chi connectivity index (χ2n) is 6.93. The minimum atomic E-state index is -0.0813. The molecule has 1 aliphatic heterocycles. The minimum Gasteiger partial charge on any atom is -0.376 e. The number of nitrogens with one attached hydrogen (secondary N) is 1. The van der Waals surface area contributed by atoms with Crippen LogP contribution >= 0.6 is 11.8 Å². The highest BCUT2D eigenvalue weighted by Crippen LogP contribution is 2.21. The number of para-hydroxylation sites is 1. The van der Waals surface area contributed by atoms with Gasteiger partial charge in [-0.2, -0.15) is 0 Å². The zero-order chi connectivity index (χ0) is 19.9. The van der Waals surface area contributed by atoms with Crippen LogP contribution in [-0.2, 0) is 22.5 Å². The van der Waals surface area contributed by atoms with E-state index in [2.05, 4.69) is 33.0 Å². The van der Waals surface area contributed by atoms with Crippen molar-refractivity contribution in [2.24, 2.45) is 0 Å².